The summed E-state index contributed by atoms with van der Waals surface area (Å²) >= 11 is 1.83. The highest BCUT2D eigenvalue weighted by molar-refractivity contribution is 7.10. The van der Waals surface area contributed by atoms with E-state index in [4.69, 9.17) is 4.74 Å². The molecule has 0 aliphatic carbocycles. The van der Waals surface area contributed by atoms with Crippen LogP contribution in [0.2, 0.25) is 0 Å². The highest BCUT2D eigenvalue weighted by Gasteiger charge is 2.24. The third kappa shape index (κ3) is 5.47. The van der Waals surface area contributed by atoms with Crippen LogP contribution in [0.4, 0.5) is 0 Å². The van der Waals surface area contributed by atoms with Crippen molar-refractivity contribution in [2.45, 2.75) is 6.04 Å². The van der Waals surface area contributed by atoms with Gasteiger partial charge in [-0.05, 0) is 41.3 Å². The van der Waals surface area contributed by atoms with Crippen LogP contribution in [-0.4, -0.2) is 31.1 Å². The molecule has 1 aromatic heterocycles. The van der Waals surface area contributed by atoms with Gasteiger partial charge >= 0.3 is 0 Å². The Morgan fingerprint density at radius 1 is 0.815 bits per heavy atom. The highest BCUT2D eigenvalue weighted by Crippen LogP contribution is 2.33. The number of hydrogen-bond acceptors (Lipinski definition) is 4. The summed E-state index contributed by atoms with van der Waals surface area (Å²) in [5.41, 5.74) is 1.32. The summed E-state index contributed by atoms with van der Waals surface area (Å²) in [5.74, 6) is 1.74. The van der Waals surface area contributed by atoms with Crippen molar-refractivity contribution in [3.8, 4) is 11.5 Å². The molecule has 1 N–H and O–H groups in total. The molecular formula is C21H24Cl2N2OS. The molecule has 0 radical (unpaired) electrons. The predicted octanol–water partition coefficient (Wildman–Crippen LogP) is 5.38. The number of hydrogen-bond donors (Lipinski definition) is 1. The van der Waals surface area contributed by atoms with Crippen molar-refractivity contribution in [2.75, 3.05) is 26.2 Å². The van der Waals surface area contributed by atoms with Gasteiger partial charge in [0, 0.05) is 31.1 Å². The number of nitrogens with zero attached hydrogens (tertiary/aromatic N) is 1. The van der Waals surface area contributed by atoms with Crippen molar-refractivity contribution in [2.24, 2.45) is 0 Å². The number of nitrogens with one attached hydrogen (secondary N) is 1. The summed E-state index contributed by atoms with van der Waals surface area (Å²) in [6, 6.07) is 23.2. The Bertz CT molecular complexity index is 776. The maximum absolute atomic E-state index is 5.93. The van der Waals surface area contributed by atoms with E-state index >= 15 is 0 Å². The SMILES string of the molecule is Cl.Cl.c1ccc(Oc2ccc([C@H](c3cccs3)N3CCNCC3)cc2)cc1. The smallest absolute Gasteiger partial charge is 0.127 e. The first kappa shape index (κ1) is 21.7. The Kier molecular flexibility index (Phi) is 8.61. The van der Waals surface area contributed by atoms with E-state index in [-0.39, 0.29) is 24.8 Å². The van der Waals surface area contributed by atoms with Crippen LogP contribution in [0.15, 0.2) is 72.1 Å². The van der Waals surface area contributed by atoms with Crippen molar-refractivity contribution in [3.05, 3.63) is 82.6 Å². The van der Waals surface area contributed by atoms with E-state index in [1.54, 1.807) is 0 Å². The van der Waals surface area contributed by atoms with Gasteiger partial charge in [0.2, 0.25) is 0 Å². The van der Waals surface area contributed by atoms with E-state index in [0.717, 1.165) is 37.7 Å². The first-order valence-corrected chi connectivity index (χ1v) is 9.59. The standard InChI is InChI=1S/C21H22N2OS.2ClH/c1-2-5-18(6-3-1)24-19-10-8-17(9-11-19)21(20-7-4-16-25-20)23-14-12-22-13-15-23;;/h1-11,16,21-22H,12-15H2;2*1H/t21-;;/m1../s1. The summed E-state index contributed by atoms with van der Waals surface area (Å²) in [6.45, 7) is 4.25. The zero-order valence-corrected chi connectivity index (χ0v) is 17.4. The maximum Gasteiger partial charge on any atom is 0.127 e. The molecule has 1 aliphatic rings. The Morgan fingerprint density at radius 3 is 2.11 bits per heavy atom. The van der Waals surface area contributed by atoms with Crippen LogP contribution in [-0.2, 0) is 0 Å². The Hall–Kier alpha value is -1.56. The average Bonchev–Trinajstić information content (AvgIpc) is 3.19. The molecule has 2 aromatic carbocycles. The lowest BCUT2D eigenvalue weighted by Gasteiger charge is -2.34. The first-order chi connectivity index (χ1) is 12.4. The van der Waals surface area contributed by atoms with E-state index in [2.05, 4.69) is 52.0 Å². The number of thiophene rings is 1. The lowest BCUT2D eigenvalue weighted by molar-refractivity contribution is 0.200. The monoisotopic (exact) mass is 422 g/mol. The summed E-state index contributed by atoms with van der Waals surface area (Å²) in [6.07, 6.45) is 0. The van der Waals surface area contributed by atoms with E-state index < -0.39 is 0 Å². The van der Waals surface area contributed by atoms with E-state index in [1.165, 1.54) is 10.4 Å². The van der Waals surface area contributed by atoms with Gasteiger partial charge in [-0.2, -0.15) is 0 Å². The fraction of sp³-hybridized carbons (Fsp3) is 0.238. The molecule has 3 aromatic rings. The lowest BCUT2D eigenvalue weighted by Crippen LogP contribution is -2.45. The van der Waals surface area contributed by atoms with Gasteiger partial charge in [0.05, 0.1) is 6.04 Å². The molecule has 4 rings (SSSR count). The second kappa shape index (κ2) is 10.7. The number of halogens is 2. The number of piperazine rings is 1. The van der Waals surface area contributed by atoms with Crippen molar-refractivity contribution in [3.63, 3.8) is 0 Å². The molecule has 0 amide bonds. The predicted molar refractivity (Wildman–Crippen MR) is 118 cm³/mol. The molecule has 1 aliphatic heterocycles. The van der Waals surface area contributed by atoms with Crippen molar-refractivity contribution < 1.29 is 4.74 Å². The van der Waals surface area contributed by atoms with E-state index in [1.807, 2.05) is 41.7 Å². The molecular weight excluding hydrogens is 399 g/mol. The summed E-state index contributed by atoms with van der Waals surface area (Å²) < 4.78 is 5.93. The highest BCUT2D eigenvalue weighted by atomic mass is 35.5. The minimum Gasteiger partial charge on any atom is -0.457 e. The molecule has 0 spiro atoms. The Labute approximate surface area is 177 Å². The van der Waals surface area contributed by atoms with Gasteiger partial charge in [-0.15, -0.1) is 36.2 Å². The minimum atomic E-state index is 0. The van der Waals surface area contributed by atoms with E-state index in [9.17, 15) is 0 Å². The summed E-state index contributed by atoms with van der Waals surface area (Å²) in [7, 11) is 0. The molecule has 0 bridgehead atoms. The molecule has 27 heavy (non-hydrogen) atoms. The minimum absolute atomic E-state index is 0. The van der Waals surface area contributed by atoms with Crippen LogP contribution in [0.3, 0.4) is 0 Å². The van der Waals surface area contributed by atoms with Gasteiger partial charge in [0.15, 0.2) is 0 Å². The first-order valence-electron chi connectivity index (χ1n) is 8.71. The van der Waals surface area contributed by atoms with Crippen molar-refractivity contribution in [1.82, 2.24) is 10.2 Å². The third-order valence-electron chi connectivity index (χ3n) is 4.50. The van der Waals surface area contributed by atoms with Crippen LogP contribution in [0, 0.1) is 0 Å². The second-order valence-corrected chi connectivity index (χ2v) is 7.17. The fourth-order valence-electron chi connectivity index (χ4n) is 3.28. The Balaban J connectivity index is 0.00000131. The number of benzene rings is 2. The van der Waals surface area contributed by atoms with E-state index in [0.29, 0.717) is 6.04 Å². The molecule has 6 heteroatoms. The molecule has 3 nitrogen and oxygen atoms in total. The van der Waals surface area contributed by atoms with Crippen LogP contribution < -0.4 is 10.1 Å². The normalized spacial score (nSPS) is 15.3. The Morgan fingerprint density at radius 2 is 1.48 bits per heavy atom. The largest absolute Gasteiger partial charge is 0.457 e. The third-order valence-corrected chi connectivity index (χ3v) is 5.43. The van der Waals surface area contributed by atoms with Crippen LogP contribution in [0.1, 0.15) is 16.5 Å². The lowest BCUT2D eigenvalue weighted by atomic mass is 10.0. The summed E-state index contributed by atoms with van der Waals surface area (Å²) in [4.78, 5) is 3.97. The van der Waals surface area contributed by atoms with Gasteiger partial charge in [0.25, 0.3) is 0 Å². The molecule has 0 unspecified atom stereocenters. The second-order valence-electron chi connectivity index (χ2n) is 6.19. The van der Waals surface area contributed by atoms with Gasteiger partial charge in [0.1, 0.15) is 11.5 Å². The summed E-state index contributed by atoms with van der Waals surface area (Å²) in [5, 5.41) is 5.61. The average molecular weight is 423 g/mol. The molecule has 144 valence electrons. The van der Waals surface area contributed by atoms with Crippen molar-refractivity contribution in [1.29, 1.82) is 0 Å². The van der Waals surface area contributed by atoms with Crippen LogP contribution in [0.25, 0.3) is 0 Å². The molecule has 1 saturated heterocycles. The zero-order chi connectivity index (χ0) is 16.9. The maximum atomic E-state index is 5.93. The number of ether oxygens (including phenoxy) is 1. The van der Waals surface area contributed by atoms with Gasteiger partial charge < -0.3 is 10.1 Å². The van der Waals surface area contributed by atoms with Gasteiger partial charge in [-0.3, -0.25) is 4.90 Å². The van der Waals surface area contributed by atoms with Crippen LogP contribution in [0.5, 0.6) is 11.5 Å². The topological polar surface area (TPSA) is 24.5 Å². The van der Waals surface area contributed by atoms with Gasteiger partial charge in [-0.1, -0.05) is 36.4 Å². The fourth-order valence-corrected chi connectivity index (χ4v) is 4.17. The zero-order valence-electron chi connectivity index (χ0n) is 14.9. The molecule has 2 heterocycles. The van der Waals surface area contributed by atoms with Crippen LogP contribution >= 0.6 is 36.2 Å². The molecule has 1 atom stereocenters. The van der Waals surface area contributed by atoms with Crippen molar-refractivity contribution >= 4 is 36.2 Å². The molecule has 0 saturated carbocycles. The van der Waals surface area contributed by atoms with Gasteiger partial charge in [-0.25, -0.2) is 0 Å². The number of para-hydroxylation sites is 1. The molecule has 1 fully saturated rings. The number of rotatable bonds is 5. The quantitative estimate of drug-likeness (QED) is 0.597.